The molecule has 8 heteroatoms. The Kier molecular flexibility index (Phi) is 5.63. The van der Waals surface area contributed by atoms with E-state index in [9.17, 15) is 0 Å². The molecule has 5 rings (SSSR count). The molecule has 4 atom stereocenters. The Morgan fingerprint density at radius 3 is 2.77 bits per heavy atom. The first-order valence-electron chi connectivity index (χ1n) is 10.4. The molecule has 158 valence electrons. The van der Waals surface area contributed by atoms with E-state index in [0.29, 0.717) is 19.8 Å². The quantitative estimate of drug-likeness (QED) is 0.610. The first-order valence-corrected chi connectivity index (χ1v) is 10.4. The molecule has 0 spiro atoms. The van der Waals surface area contributed by atoms with Gasteiger partial charge in [-0.2, -0.15) is 0 Å². The maximum absolute atomic E-state index is 6.08. The van der Waals surface area contributed by atoms with E-state index >= 15 is 0 Å². The largest absolute Gasteiger partial charge is 0.468 e. The standard InChI is InChI=1S/C22H27N5O3/c1-26(11-16-6-3-2-4-7-16)12-17-13-27(25-24-17)20-15-30-21-19(14-29-22(20)21)23-10-18-8-5-9-28-18/h2-9,13,19-23H,10-12,14-15H2,1H3. The van der Waals surface area contributed by atoms with Crippen LogP contribution in [0.2, 0.25) is 0 Å². The molecule has 4 heterocycles. The Labute approximate surface area is 175 Å². The number of aromatic nitrogens is 3. The average molecular weight is 409 g/mol. The minimum atomic E-state index is -0.0179. The molecule has 0 radical (unpaired) electrons. The molecule has 2 fully saturated rings. The zero-order chi connectivity index (χ0) is 20.3. The SMILES string of the molecule is CN(Cc1ccccc1)Cc1cn(C2COC3C(NCc4ccco4)COC32)nn1. The molecule has 2 aromatic heterocycles. The van der Waals surface area contributed by atoms with Crippen LogP contribution in [0.3, 0.4) is 0 Å². The van der Waals surface area contributed by atoms with Crippen molar-refractivity contribution in [3.63, 3.8) is 0 Å². The maximum Gasteiger partial charge on any atom is 0.117 e. The summed E-state index contributed by atoms with van der Waals surface area (Å²) in [6, 6.07) is 14.5. The number of nitrogens with one attached hydrogen (secondary N) is 1. The lowest BCUT2D eigenvalue weighted by Gasteiger charge is -2.17. The van der Waals surface area contributed by atoms with E-state index in [2.05, 4.69) is 51.8 Å². The summed E-state index contributed by atoms with van der Waals surface area (Å²) in [6.45, 7) is 3.48. The van der Waals surface area contributed by atoms with Gasteiger partial charge < -0.3 is 19.2 Å². The Morgan fingerprint density at radius 1 is 1.07 bits per heavy atom. The monoisotopic (exact) mass is 409 g/mol. The van der Waals surface area contributed by atoms with Crippen LogP contribution in [-0.2, 0) is 29.1 Å². The third kappa shape index (κ3) is 4.17. The van der Waals surface area contributed by atoms with Crippen LogP contribution < -0.4 is 5.32 Å². The Bertz CT molecular complexity index is 929. The van der Waals surface area contributed by atoms with Crippen molar-refractivity contribution >= 4 is 0 Å². The second kappa shape index (κ2) is 8.69. The summed E-state index contributed by atoms with van der Waals surface area (Å²) < 4.78 is 19.5. The number of hydrogen-bond acceptors (Lipinski definition) is 7. The molecule has 0 bridgehead atoms. The Morgan fingerprint density at radius 2 is 1.93 bits per heavy atom. The molecule has 2 aliphatic rings. The third-order valence-corrected chi connectivity index (χ3v) is 5.77. The van der Waals surface area contributed by atoms with Gasteiger partial charge in [0, 0.05) is 13.1 Å². The van der Waals surface area contributed by atoms with Crippen LogP contribution >= 0.6 is 0 Å². The predicted octanol–water partition coefficient (Wildman–Crippen LogP) is 2.00. The fraction of sp³-hybridized carbons (Fsp3) is 0.455. The highest BCUT2D eigenvalue weighted by molar-refractivity contribution is 5.14. The zero-order valence-electron chi connectivity index (χ0n) is 17.1. The van der Waals surface area contributed by atoms with Crippen molar-refractivity contribution in [2.24, 2.45) is 0 Å². The molecular formula is C22H27N5O3. The minimum Gasteiger partial charge on any atom is -0.468 e. The third-order valence-electron chi connectivity index (χ3n) is 5.77. The molecule has 4 unspecified atom stereocenters. The van der Waals surface area contributed by atoms with Gasteiger partial charge in [0.1, 0.15) is 24.0 Å². The van der Waals surface area contributed by atoms with Gasteiger partial charge >= 0.3 is 0 Å². The summed E-state index contributed by atoms with van der Waals surface area (Å²) in [4.78, 5) is 2.23. The van der Waals surface area contributed by atoms with Gasteiger partial charge in [-0.25, -0.2) is 4.68 Å². The Hall–Kier alpha value is -2.52. The van der Waals surface area contributed by atoms with E-state index in [1.165, 1.54) is 5.56 Å². The van der Waals surface area contributed by atoms with Crippen LogP contribution in [0.15, 0.2) is 59.3 Å². The fourth-order valence-corrected chi connectivity index (χ4v) is 4.30. The van der Waals surface area contributed by atoms with E-state index in [4.69, 9.17) is 13.9 Å². The van der Waals surface area contributed by atoms with Gasteiger partial charge in [-0.1, -0.05) is 35.5 Å². The van der Waals surface area contributed by atoms with Gasteiger partial charge in [0.25, 0.3) is 0 Å². The first kappa shape index (κ1) is 19.4. The molecule has 8 nitrogen and oxygen atoms in total. The van der Waals surface area contributed by atoms with Crippen molar-refractivity contribution in [1.29, 1.82) is 0 Å². The topological polar surface area (TPSA) is 77.6 Å². The van der Waals surface area contributed by atoms with Gasteiger partial charge in [-0.15, -0.1) is 5.10 Å². The lowest BCUT2D eigenvalue weighted by Crippen LogP contribution is -2.40. The van der Waals surface area contributed by atoms with Crippen molar-refractivity contribution < 1.29 is 13.9 Å². The number of rotatable bonds is 8. The number of hydrogen-bond donors (Lipinski definition) is 1. The summed E-state index contributed by atoms with van der Waals surface area (Å²) in [6.07, 6.45) is 3.70. The van der Waals surface area contributed by atoms with Crippen LogP contribution in [0.4, 0.5) is 0 Å². The number of furan rings is 1. The number of benzene rings is 1. The van der Waals surface area contributed by atoms with Crippen LogP contribution in [0.1, 0.15) is 23.1 Å². The molecule has 0 aliphatic carbocycles. The van der Waals surface area contributed by atoms with Crippen LogP contribution in [-0.4, -0.2) is 58.4 Å². The summed E-state index contributed by atoms with van der Waals surface area (Å²) >= 11 is 0. The summed E-state index contributed by atoms with van der Waals surface area (Å²) in [5, 5.41) is 12.2. The van der Waals surface area contributed by atoms with E-state index in [-0.39, 0.29) is 24.3 Å². The highest BCUT2D eigenvalue weighted by Crippen LogP contribution is 2.34. The predicted molar refractivity (Wildman–Crippen MR) is 109 cm³/mol. The van der Waals surface area contributed by atoms with E-state index < -0.39 is 0 Å². The Balaban J connectivity index is 1.17. The molecule has 0 amide bonds. The van der Waals surface area contributed by atoms with Gasteiger partial charge in [0.05, 0.1) is 44.0 Å². The number of nitrogens with zero attached hydrogens (tertiary/aromatic N) is 4. The van der Waals surface area contributed by atoms with Gasteiger partial charge in [-0.3, -0.25) is 4.90 Å². The van der Waals surface area contributed by atoms with Crippen molar-refractivity contribution in [3.05, 3.63) is 71.9 Å². The van der Waals surface area contributed by atoms with Crippen molar-refractivity contribution in [1.82, 2.24) is 25.2 Å². The second-order valence-electron chi connectivity index (χ2n) is 8.08. The van der Waals surface area contributed by atoms with E-state index in [1.807, 2.05) is 29.1 Å². The van der Waals surface area contributed by atoms with Gasteiger partial charge in [-0.05, 0) is 24.7 Å². The number of fused-ring (bicyclic) bond motifs is 1. The molecule has 1 aromatic carbocycles. The molecule has 30 heavy (non-hydrogen) atoms. The van der Waals surface area contributed by atoms with Crippen LogP contribution in [0.5, 0.6) is 0 Å². The molecule has 1 N–H and O–H groups in total. The molecule has 2 aliphatic heterocycles. The fourth-order valence-electron chi connectivity index (χ4n) is 4.30. The van der Waals surface area contributed by atoms with Gasteiger partial charge in [0.2, 0.25) is 0 Å². The normalized spacial score (nSPS) is 25.8. The van der Waals surface area contributed by atoms with Gasteiger partial charge in [0.15, 0.2) is 0 Å². The minimum absolute atomic E-state index is 0.0124. The van der Waals surface area contributed by atoms with E-state index in [1.54, 1.807) is 6.26 Å². The highest BCUT2D eigenvalue weighted by Gasteiger charge is 2.48. The zero-order valence-corrected chi connectivity index (χ0v) is 17.1. The van der Waals surface area contributed by atoms with Crippen molar-refractivity contribution in [2.45, 2.75) is 43.9 Å². The van der Waals surface area contributed by atoms with Crippen molar-refractivity contribution in [2.75, 3.05) is 20.3 Å². The highest BCUT2D eigenvalue weighted by atomic mass is 16.6. The molecular weight excluding hydrogens is 382 g/mol. The smallest absolute Gasteiger partial charge is 0.117 e. The second-order valence-corrected chi connectivity index (χ2v) is 8.08. The van der Waals surface area contributed by atoms with Crippen LogP contribution in [0, 0.1) is 0 Å². The lowest BCUT2D eigenvalue weighted by atomic mass is 10.1. The summed E-state index contributed by atoms with van der Waals surface area (Å²) in [5.41, 5.74) is 2.23. The summed E-state index contributed by atoms with van der Waals surface area (Å²) in [5.74, 6) is 0.911. The van der Waals surface area contributed by atoms with Crippen molar-refractivity contribution in [3.8, 4) is 0 Å². The summed E-state index contributed by atoms with van der Waals surface area (Å²) in [7, 11) is 2.09. The maximum atomic E-state index is 6.08. The average Bonchev–Trinajstić information content (AvgIpc) is 3.53. The molecule has 0 saturated carbocycles. The molecule has 3 aromatic rings. The molecule has 2 saturated heterocycles. The lowest BCUT2D eigenvalue weighted by molar-refractivity contribution is 0.0619. The first-order chi connectivity index (χ1) is 14.8. The van der Waals surface area contributed by atoms with Crippen LogP contribution in [0.25, 0.3) is 0 Å². The van der Waals surface area contributed by atoms with E-state index in [0.717, 1.165) is 24.5 Å². The number of ether oxygens (including phenoxy) is 2.